The molecule has 6 heteroatoms. The van der Waals surface area contributed by atoms with Crippen LogP contribution in [-0.2, 0) is 4.79 Å². The van der Waals surface area contributed by atoms with E-state index in [9.17, 15) is 9.59 Å². The molecule has 0 aromatic heterocycles. The molecule has 0 fully saturated rings. The number of rotatable bonds is 7. The molecule has 0 radical (unpaired) electrons. The Morgan fingerprint density at radius 2 is 1.87 bits per heavy atom. The van der Waals surface area contributed by atoms with Crippen molar-refractivity contribution in [3.63, 3.8) is 0 Å². The molecule has 2 aromatic rings. The highest BCUT2D eigenvalue weighted by atomic mass is 16.5. The summed E-state index contributed by atoms with van der Waals surface area (Å²) >= 11 is 0. The minimum atomic E-state index is -0.521. The van der Waals surface area contributed by atoms with Gasteiger partial charge in [0.05, 0.1) is 23.9 Å². The predicted octanol–water partition coefficient (Wildman–Crippen LogP) is 4.48. The van der Waals surface area contributed by atoms with Gasteiger partial charge in [-0.15, -0.1) is 6.58 Å². The maximum Gasteiger partial charge on any atom is 0.322 e. The summed E-state index contributed by atoms with van der Waals surface area (Å²) in [5, 5.41) is 3.01. The Morgan fingerprint density at radius 3 is 2.58 bits per heavy atom. The normalized spacial score (nSPS) is 18.4. The smallest absolute Gasteiger partial charge is 0.322 e. The zero-order valence-corrected chi connectivity index (χ0v) is 17.9. The molecular formula is C25H27N3O3. The number of urea groups is 1. The minimum absolute atomic E-state index is 0.0304. The van der Waals surface area contributed by atoms with Crippen LogP contribution >= 0.6 is 0 Å². The molecule has 3 amide bonds. The quantitative estimate of drug-likeness (QED) is 0.676. The number of nitrogens with zero attached hydrogens (tertiary/aromatic N) is 2. The maximum atomic E-state index is 13.3. The molecule has 2 aliphatic rings. The van der Waals surface area contributed by atoms with Gasteiger partial charge in [-0.3, -0.25) is 9.69 Å². The number of hydrogen-bond donors (Lipinski definition) is 1. The molecule has 2 aliphatic heterocycles. The second kappa shape index (κ2) is 8.68. The third-order valence-electron chi connectivity index (χ3n) is 5.36. The van der Waals surface area contributed by atoms with E-state index in [-0.39, 0.29) is 11.9 Å². The standard InChI is InChI=1S/C25H27N3O3/c1-4-13-28-21-16-27(15-17(2)3)24(29)22(21)23(26-25(28)30)18-9-8-12-20(14-18)31-19-10-6-5-7-11-19/h4-12,14,17,23H,1,13,15-16H2,2-3H3,(H,26,30)/t23-/m1/s1. The largest absolute Gasteiger partial charge is 0.457 e. The molecular weight excluding hydrogens is 390 g/mol. The van der Waals surface area contributed by atoms with Crippen molar-refractivity contribution >= 4 is 11.9 Å². The van der Waals surface area contributed by atoms with Gasteiger partial charge in [0, 0.05) is 13.1 Å². The van der Waals surface area contributed by atoms with Crippen LogP contribution in [0.1, 0.15) is 25.5 Å². The lowest BCUT2D eigenvalue weighted by Crippen LogP contribution is -2.47. The molecule has 31 heavy (non-hydrogen) atoms. The van der Waals surface area contributed by atoms with E-state index in [2.05, 4.69) is 25.7 Å². The lowest BCUT2D eigenvalue weighted by atomic mass is 9.95. The third kappa shape index (κ3) is 4.19. The monoisotopic (exact) mass is 417 g/mol. The van der Waals surface area contributed by atoms with Crippen LogP contribution in [-0.4, -0.2) is 41.4 Å². The SMILES string of the molecule is C=CCN1C(=O)N[C@H](c2cccc(Oc3ccccc3)c2)C2=C1CN(CC(C)C)C2=O. The zero-order chi connectivity index (χ0) is 22.0. The number of amides is 3. The Balaban J connectivity index is 1.69. The van der Waals surface area contributed by atoms with Gasteiger partial charge >= 0.3 is 6.03 Å². The summed E-state index contributed by atoms with van der Waals surface area (Å²) in [6.07, 6.45) is 1.68. The van der Waals surface area contributed by atoms with Crippen LogP contribution in [0.3, 0.4) is 0 Å². The molecule has 4 rings (SSSR count). The van der Waals surface area contributed by atoms with Gasteiger partial charge < -0.3 is 15.0 Å². The Labute approximate surface area is 182 Å². The van der Waals surface area contributed by atoms with Gasteiger partial charge in [-0.25, -0.2) is 4.79 Å². The van der Waals surface area contributed by atoms with Gasteiger partial charge in [0.1, 0.15) is 11.5 Å². The highest BCUT2D eigenvalue weighted by Crippen LogP contribution is 2.37. The maximum absolute atomic E-state index is 13.3. The number of carbonyl (C=O) groups is 2. The van der Waals surface area contributed by atoms with Gasteiger partial charge in [-0.1, -0.05) is 50.3 Å². The van der Waals surface area contributed by atoms with Gasteiger partial charge in [0.25, 0.3) is 5.91 Å². The number of carbonyl (C=O) groups excluding carboxylic acids is 2. The Morgan fingerprint density at radius 1 is 1.13 bits per heavy atom. The summed E-state index contributed by atoms with van der Waals surface area (Å²) < 4.78 is 5.96. The first-order chi connectivity index (χ1) is 15.0. The van der Waals surface area contributed by atoms with E-state index < -0.39 is 6.04 Å². The summed E-state index contributed by atoms with van der Waals surface area (Å²) in [7, 11) is 0. The zero-order valence-electron chi connectivity index (χ0n) is 17.9. The number of hydrogen-bond acceptors (Lipinski definition) is 3. The van der Waals surface area contributed by atoms with Crippen LogP contribution in [0.2, 0.25) is 0 Å². The summed E-state index contributed by atoms with van der Waals surface area (Å²) in [6.45, 7) is 9.36. The predicted molar refractivity (Wildman–Crippen MR) is 120 cm³/mol. The van der Waals surface area contributed by atoms with Crippen LogP contribution in [0.5, 0.6) is 11.5 Å². The molecule has 0 unspecified atom stereocenters. The van der Waals surface area contributed by atoms with Crippen LogP contribution < -0.4 is 10.1 Å². The van der Waals surface area contributed by atoms with Crippen molar-refractivity contribution in [1.29, 1.82) is 0 Å². The first-order valence-corrected chi connectivity index (χ1v) is 10.5. The topological polar surface area (TPSA) is 61.9 Å². The molecule has 0 saturated heterocycles. The highest BCUT2D eigenvalue weighted by Gasteiger charge is 2.43. The number of nitrogens with one attached hydrogen (secondary N) is 1. The lowest BCUT2D eigenvalue weighted by Gasteiger charge is -2.33. The van der Waals surface area contributed by atoms with E-state index in [4.69, 9.17) is 4.74 Å². The van der Waals surface area contributed by atoms with Crippen LogP contribution in [0.25, 0.3) is 0 Å². The first kappa shape index (κ1) is 20.7. The Bertz CT molecular complexity index is 1030. The molecule has 1 atom stereocenters. The number of ether oxygens (including phenoxy) is 1. The number of benzene rings is 2. The minimum Gasteiger partial charge on any atom is -0.457 e. The third-order valence-corrected chi connectivity index (χ3v) is 5.36. The van der Waals surface area contributed by atoms with Gasteiger partial charge in [-0.2, -0.15) is 0 Å². The first-order valence-electron chi connectivity index (χ1n) is 10.5. The van der Waals surface area contributed by atoms with E-state index in [0.29, 0.717) is 36.9 Å². The van der Waals surface area contributed by atoms with Crippen molar-refractivity contribution in [2.24, 2.45) is 5.92 Å². The van der Waals surface area contributed by atoms with Crippen LogP contribution in [0.15, 0.2) is 78.5 Å². The molecule has 2 aromatic carbocycles. The fraction of sp³-hybridized carbons (Fsp3) is 0.280. The second-order valence-corrected chi connectivity index (χ2v) is 8.21. The van der Waals surface area contributed by atoms with E-state index >= 15 is 0 Å². The van der Waals surface area contributed by atoms with Gasteiger partial charge in [-0.05, 0) is 35.7 Å². The summed E-state index contributed by atoms with van der Waals surface area (Å²) in [4.78, 5) is 29.7. The average Bonchev–Trinajstić information content (AvgIpc) is 3.06. The summed E-state index contributed by atoms with van der Waals surface area (Å²) in [5.74, 6) is 1.68. The van der Waals surface area contributed by atoms with E-state index in [1.807, 2.05) is 59.5 Å². The summed E-state index contributed by atoms with van der Waals surface area (Å²) in [6, 6.07) is 16.3. The fourth-order valence-electron chi connectivity index (χ4n) is 4.09. The molecule has 0 spiro atoms. The molecule has 0 aliphatic carbocycles. The van der Waals surface area contributed by atoms with E-state index in [0.717, 1.165) is 17.0 Å². The highest BCUT2D eigenvalue weighted by molar-refractivity contribution is 6.01. The number of para-hydroxylation sites is 1. The van der Waals surface area contributed by atoms with E-state index in [1.54, 1.807) is 11.0 Å². The van der Waals surface area contributed by atoms with Crippen LogP contribution in [0.4, 0.5) is 4.79 Å². The molecule has 0 bridgehead atoms. The van der Waals surface area contributed by atoms with Crippen molar-refractivity contribution in [2.45, 2.75) is 19.9 Å². The Kier molecular flexibility index (Phi) is 5.80. The van der Waals surface area contributed by atoms with Gasteiger partial charge in [0.2, 0.25) is 0 Å². The van der Waals surface area contributed by atoms with Crippen LogP contribution in [0, 0.1) is 5.92 Å². The van der Waals surface area contributed by atoms with E-state index in [1.165, 1.54) is 0 Å². The molecule has 0 saturated carbocycles. The van der Waals surface area contributed by atoms with Gasteiger partial charge in [0.15, 0.2) is 0 Å². The van der Waals surface area contributed by atoms with Crippen molar-refractivity contribution in [1.82, 2.24) is 15.1 Å². The van der Waals surface area contributed by atoms with Crippen molar-refractivity contribution < 1.29 is 14.3 Å². The molecule has 2 heterocycles. The fourth-order valence-corrected chi connectivity index (χ4v) is 4.09. The summed E-state index contributed by atoms with van der Waals surface area (Å²) in [5.41, 5.74) is 2.19. The lowest BCUT2D eigenvalue weighted by molar-refractivity contribution is -0.126. The Hall–Kier alpha value is -3.54. The second-order valence-electron chi connectivity index (χ2n) is 8.21. The molecule has 160 valence electrons. The van der Waals surface area contributed by atoms with Crippen molar-refractivity contribution in [3.8, 4) is 11.5 Å². The average molecular weight is 418 g/mol. The van der Waals surface area contributed by atoms with Crippen molar-refractivity contribution in [3.05, 3.63) is 84.1 Å². The van der Waals surface area contributed by atoms with Crippen molar-refractivity contribution in [2.75, 3.05) is 19.6 Å². The molecule has 1 N–H and O–H groups in total. The molecule has 6 nitrogen and oxygen atoms in total.